The summed E-state index contributed by atoms with van der Waals surface area (Å²) in [6.45, 7) is 9.92. The van der Waals surface area contributed by atoms with E-state index in [0.717, 1.165) is 55.8 Å². The number of ether oxygens (including phenoxy) is 3. The van der Waals surface area contributed by atoms with Crippen molar-refractivity contribution in [1.82, 2.24) is 9.97 Å². The van der Waals surface area contributed by atoms with Crippen LogP contribution >= 0.6 is 0 Å². The highest BCUT2D eigenvalue weighted by Crippen LogP contribution is 2.19. The van der Waals surface area contributed by atoms with Gasteiger partial charge in [-0.05, 0) is 51.5 Å². The van der Waals surface area contributed by atoms with Gasteiger partial charge in [0.1, 0.15) is 0 Å². The van der Waals surface area contributed by atoms with Crippen molar-refractivity contribution in [2.45, 2.75) is 117 Å². The quantitative estimate of drug-likeness (QED) is 0.140. The lowest BCUT2D eigenvalue weighted by molar-refractivity contribution is -0.166. The number of hydrogen-bond donors (Lipinski definition) is 0. The average molecular weight is 485 g/mol. The molecule has 35 heavy (non-hydrogen) atoms. The molecule has 196 valence electrons. The van der Waals surface area contributed by atoms with Gasteiger partial charge in [0.05, 0.1) is 25.1 Å². The highest BCUT2D eigenvalue weighted by Gasteiger charge is 2.11. The van der Waals surface area contributed by atoms with Crippen LogP contribution < -0.4 is 4.74 Å². The number of aromatic nitrogens is 2. The van der Waals surface area contributed by atoms with E-state index in [-0.39, 0.29) is 12.4 Å². The van der Waals surface area contributed by atoms with Gasteiger partial charge in [-0.15, -0.1) is 0 Å². The number of unbranched alkanes of at least 4 members (excludes halogenated alkanes) is 7. The lowest BCUT2D eigenvalue weighted by atomic mass is 10.0. The van der Waals surface area contributed by atoms with E-state index in [1.165, 1.54) is 50.5 Å². The third-order valence-electron chi connectivity index (χ3n) is 6.25. The molecule has 0 spiro atoms. The molecule has 0 aliphatic rings. The van der Waals surface area contributed by atoms with Crippen LogP contribution in [0.15, 0.2) is 36.7 Å². The fourth-order valence-corrected chi connectivity index (χ4v) is 4.15. The van der Waals surface area contributed by atoms with E-state index >= 15 is 0 Å². The molecule has 0 saturated heterocycles. The van der Waals surface area contributed by atoms with Gasteiger partial charge in [0.25, 0.3) is 0 Å². The molecular weight excluding hydrogens is 436 g/mol. The van der Waals surface area contributed by atoms with Crippen LogP contribution in [-0.2, 0) is 15.9 Å². The zero-order valence-corrected chi connectivity index (χ0v) is 22.6. The van der Waals surface area contributed by atoms with Crippen LogP contribution in [0.3, 0.4) is 0 Å². The van der Waals surface area contributed by atoms with Gasteiger partial charge in [0, 0.05) is 12.2 Å². The van der Waals surface area contributed by atoms with Gasteiger partial charge in [-0.1, -0.05) is 83.1 Å². The summed E-state index contributed by atoms with van der Waals surface area (Å²) in [5.41, 5.74) is 2.35. The molecule has 0 aliphatic heterocycles. The van der Waals surface area contributed by atoms with Crippen molar-refractivity contribution in [1.29, 1.82) is 0 Å². The van der Waals surface area contributed by atoms with Crippen LogP contribution in [0.4, 0.5) is 0 Å². The van der Waals surface area contributed by atoms with E-state index in [2.05, 4.69) is 55.0 Å². The third kappa shape index (κ3) is 12.5. The van der Waals surface area contributed by atoms with E-state index in [4.69, 9.17) is 14.2 Å². The van der Waals surface area contributed by atoms with Gasteiger partial charge < -0.3 is 14.2 Å². The summed E-state index contributed by atoms with van der Waals surface area (Å²) in [6.07, 6.45) is 18.1. The zero-order valence-electron chi connectivity index (χ0n) is 22.6. The maximum atomic E-state index is 5.97. The van der Waals surface area contributed by atoms with Crippen molar-refractivity contribution in [3.8, 4) is 17.1 Å². The maximum absolute atomic E-state index is 5.97. The molecule has 5 heteroatoms. The van der Waals surface area contributed by atoms with Gasteiger partial charge in [-0.2, -0.15) is 0 Å². The van der Waals surface area contributed by atoms with Gasteiger partial charge in [-0.3, -0.25) is 0 Å². The van der Waals surface area contributed by atoms with E-state index in [9.17, 15) is 0 Å². The number of rotatable bonds is 20. The minimum atomic E-state index is -0.0869. The van der Waals surface area contributed by atoms with Crippen molar-refractivity contribution in [3.63, 3.8) is 0 Å². The number of hydrogen-bond acceptors (Lipinski definition) is 5. The van der Waals surface area contributed by atoms with Crippen LogP contribution in [0.5, 0.6) is 5.75 Å². The highest BCUT2D eigenvalue weighted by atomic mass is 16.7. The minimum Gasteiger partial charge on any atom is -0.490 e. The van der Waals surface area contributed by atoms with E-state index in [1.807, 2.05) is 6.92 Å². The van der Waals surface area contributed by atoms with E-state index in [1.54, 1.807) is 12.4 Å². The number of benzene rings is 1. The maximum Gasteiger partial charge on any atom is 0.159 e. The minimum absolute atomic E-state index is 0.0869. The summed E-state index contributed by atoms with van der Waals surface area (Å²) in [4.78, 5) is 9.01. The van der Waals surface area contributed by atoms with Gasteiger partial charge in [0.15, 0.2) is 17.9 Å². The molecular formula is C30H48N2O3. The van der Waals surface area contributed by atoms with E-state index < -0.39 is 0 Å². The van der Waals surface area contributed by atoms with Gasteiger partial charge in [0.2, 0.25) is 0 Å². The fourth-order valence-electron chi connectivity index (χ4n) is 4.15. The number of aryl methyl sites for hydroxylation is 1. The Labute approximate surface area is 214 Å². The summed E-state index contributed by atoms with van der Waals surface area (Å²) in [6, 6.07) is 8.56. The Morgan fingerprint density at radius 3 is 2.09 bits per heavy atom. The molecule has 0 N–H and O–H groups in total. The van der Waals surface area contributed by atoms with E-state index in [0.29, 0.717) is 6.61 Å². The molecule has 1 aromatic heterocycles. The SMILES string of the molecule is CCCCCCCCCCOc1cnc(-c2ccc(CCCC(C)OC(CC)OCC)cc2)nc1. The lowest BCUT2D eigenvalue weighted by Crippen LogP contribution is -2.22. The Morgan fingerprint density at radius 1 is 0.800 bits per heavy atom. The Kier molecular flexibility index (Phi) is 15.3. The summed E-state index contributed by atoms with van der Waals surface area (Å²) in [5, 5.41) is 0. The molecule has 5 nitrogen and oxygen atoms in total. The second-order valence-electron chi connectivity index (χ2n) is 9.39. The first-order chi connectivity index (χ1) is 17.2. The molecule has 0 bridgehead atoms. The molecule has 2 aromatic rings. The molecule has 0 amide bonds. The van der Waals surface area contributed by atoms with Crippen molar-refractivity contribution in [2.75, 3.05) is 13.2 Å². The Balaban J connectivity index is 1.65. The second kappa shape index (κ2) is 18.3. The highest BCUT2D eigenvalue weighted by molar-refractivity contribution is 5.55. The Morgan fingerprint density at radius 2 is 1.46 bits per heavy atom. The standard InChI is InChI=1S/C30H48N2O3/c1-5-8-9-10-11-12-13-14-22-34-28-23-31-30(32-24-28)27-20-18-26(19-21-27)17-15-16-25(4)35-29(6-2)33-7-3/h18-21,23-25,29H,5-17,22H2,1-4H3. The van der Waals surface area contributed by atoms with Crippen molar-refractivity contribution in [3.05, 3.63) is 42.2 Å². The molecule has 1 heterocycles. The van der Waals surface area contributed by atoms with Crippen molar-refractivity contribution in [2.24, 2.45) is 0 Å². The Hall–Kier alpha value is -1.98. The van der Waals surface area contributed by atoms with Crippen molar-refractivity contribution < 1.29 is 14.2 Å². The molecule has 2 atom stereocenters. The first kappa shape index (κ1) is 29.3. The fraction of sp³-hybridized carbons (Fsp3) is 0.667. The molecule has 2 unspecified atom stereocenters. The third-order valence-corrected chi connectivity index (χ3v) is 6.25. The summed E-state index contributed by atoms with van der Waals surface area (Å²) >= 11 is 0. The summed E-state index contributed by atoms with van der Waals surface area (Å²) < 4.78 is 17.4. The molecule has 0 radical (unpaired) electrons. The van der Waals surface area contributed by atoms with Gasteiger partial charge in [-0.25, -0.2) is 9.97 Å². The largest absolute Gasteiger partial charge is 0.490 e. The lowest BCUT2D eigenvalue weighted by Gasteiger charge is -2.21. The monoisotopic (exact) mass is 484 g/mol. The first-order valence-electron chi connectivity index (χ1n) is 14.0. The molecule has 2 rings (SSSR count). The van der Waals surface area contributed by atoms with Crippen LogP contribution in [0.25, 0.3) is 11.4 Å². The molecule has 0 saturated carbocycles. The summed E-state index contributed by atoms with van der Waals surface area (Å²) in [5.74, 6) is 1.49. The van der Waals surface area contributed by atoms with Gasteiger partial charge >= 0.3 is 0 Å². The molecule has 0 fully saturated rings. The predicted octanol–water partition coefficient (Wildman–Crippen LogP) is 8.16. The number of nitrogens with zero attached hydrogens (tertiary/aromatic N) is 2. The molecule has 1 aromatic carbocycles. The summed E-state index contributed by atoms with van der Waals surface area (Å²) in [7, 11) is 0. The zero-order chi connectivity index (χ0) is 25.1. The van der Waals surface area contributed by atoms with Crippen LogP contribution in [0, 0.1) is 0 Å². The average Bonchev–Trinajstić information content (AvgIpc) is 2.88. The normalized spacial score (nSPS) is 13.0. The molecule has 0 aliphatic carbocycles. The smallest absolute Gasteiger partial charge is 0.159 e. The topological polar surface area (TPSA) is 53.5 Å². The Bertz CT molecular complexity index is 764. The van der Waals surface area contributed by atoms with Crippen LogP contribution in [0.2, 0.25) is 0 Å². The van der Waals surface area contributed by atoms with Crippen LogP contribution in [0.1, 0.15) is 104 Å². The van der Waals surface area contributed by atoms with Crippen LogP contribution in [-0.4, -0.2) is 35.6 Å². The second-order valence-corrected chi connectivity index (χ2v) is 9.39. The predicted molar refractivity (Wildman–Crippen MR) is 145 cm³/mol. The first-order valence-corrected chi connectivity index (χ1v) is 14.0. The van der Waals surface area contributed by atoms with Crippen molar-refractivity contribution >= 4 is 0 Å².